The highest BCUT2D eigenvalue weighted by molar-refractivity contribution is 5.75. The van der Waals surface area contributed by atoms with Crippen LogP contribution >= 0.6 is 0 Å². The smallest absolute Gasteiger partial charge is 0.332 e. The predicted octanol–water partition coefficient (Wildman–Crippen LogP) is 1.22. The number of hydrogen-bond acceptors (Lipinski definition) is 4. The average Bonchev–Trinajstić information content (AvgIpc) is 3.28. The van der Waals surface area contributed by atoms with Crippen LogP contribution in [0, 0.1) is 5.82 Å². The van der Waals surface area contributed by atoms with Crippen molar-refractivity contribution in [3.05, 3.63) is 56.5 Å². The highest BCUT2D eigenvalue weighted by Gasteiger charge is 2.24. The van der Waals surface area contributed by atoms with Crippen molar-refractivity contribution >= 4 is 17.1 Å². The van der Waals surface area contributed by atoms with Crippen molar-refractivity contribution in [3.8, 4) is 0 Å². The summed E-state index contributed by atoms with van der Waals surface area (Å²) in [4.78, 5) is 31.7. The van der Waals surface area contributed by atoms with Crippen LogP contribution in [0.2, 0.25) is 0 Å². The first-order chi connectivity index (χ1) is 12.5. The molecule has 136 valence electrons. The minimum Gasteiger partial charge on any atom is -0.342 e. The number of aromatic nitrogens is 4. The van der Waals surface area contributed by atoms with E-state index in [1.165, 1.54) is 17.7 Å². The normalized spacial score (nSPS) is 14.5. The Kier molecular flexibility index (Phi) is 3.90. The van der Waals surface area contributed by atoms with Crippen LogP contribution in [0.15, 0.2) is 33.9 Å². The molecule has 3 heterocycles. The molecule has 0 N–H and O–H groups in total. The fourth-order valence-electron chi connectivity index (χ4n) is 3.54. The van der Waals surface area contributed by atoms with Crippen molar-refractivity contribution in [2.75, 3.05) is 18.0 Å². The molecule has 4 rings (SSSR count). The largest absolute Gasteiger partial charge is 0.342 e. The Morgan fingerprint density at radius 1 is 1.08 bits per heavy atom. The van der Waals surface area contributed by atoms with E-state index < -0.39 is 11.2 Å². The molecule has 0 amide bonds. The number of hydrogen-bond donors (Lipinski definition) is 0. The van der Waals surface area contributed by atoms with E-state index in [2.05, 4.69) is 9.88 Å². The van der Waals surface area contributed by atoms with E-state index in [1.54, 1.807) is 29.8 Å². The van der Waals surface area contributed by atoms with E-state index in [9.17, 15) is 14.0 Å². The fraction of sp³-hybridized carbons (Fsp3) is 0.389. The lowest BCUT2D eigenvalue weighted by Gasteiger charge is -2.18. The van der Waals surface area contributed by atoms with Crippen LogP contribution in [0.1, 0.15) is 18.4 Å². The number of aryl methyl sites for hydroxylation is 1. The maximum Gasteiger partial charge on any atom is 0.332 e. The molecule has 1 saturated heterocycles. The fourth-order valence-corrected chi connectivity index (χ4v) is 3.54. The molecule has 2 aromatic heterocycles. The molecule has 0 bridgehead atoms. The molecule has 0 atom stereocenters. The van der Waals surface area contributed by atoms with Gasteiger partial charge in [0.1, 0.15) is 5.82 Å². The van der Waals surface area contributed by atoms with Crippen LogP contribution < -0.4 is 16.1 Å². The van der Waals surface area contributed by atoms with Crippen molar-refractivity contribution in [2.45, 2.75) is 19.4 Å². The van der Waals surface area contributed by atoms with Gasteiger partial charge in [0, 0.05) is 32.7 Å². The Balaban J connectivity index is 2.02. The van der Waals surface area contributed by atoms with Crippen LogP contribution in [-0.4, -0.2) is 31.8 Å². The minimum atomic E-state index is -0.425. The quantitative estimate of drug-likeness (QED) is 0.707. The van der Waals surface area contributed by atoms with E-state index in [-0.39, 0.29) is 12.4 Å². The van der Waals surface area contributed by atoms with Gasteiger partial charge in [0.05, 0.1) is 6.54 Å². The van der Waals surface area contributed by atoms with Gasteiger partial charge in [-0.2, -0.15) is 4.98 Å². The van der Waals surface area contributed by atoms with Gasteiger partial charge in [-0.15, -0.1) is 0 Å². The highest BCUT2D eigenvalue weighted by atomic mass is 19.1. The minimum absolute atomic E-state index is 0.183. The van der Waals surface area contributed by atoms with Crippen molar-refractivity contribution in [3.63, 3.8) is 0 Å². The molecule has 0 spiro atoms. The molecule has 1 aliphatic rings. The van der Waals surface area contributed by atoms with E-state index in [0.29, 0.717) is 22.7 Å². The van der Waals surface area contributed by atoms with Crippen LogP contribution in [0.4, 0.5) is 10.3 Å². The molecule has 0 unspecified atom stereocenters. The molecule has 8 heteroatoms. The summed E-state index contributed by atoms with van der Waals surface area (Å²) in [6.45, 7) is 1.84. The summed E-state index contributed by atoms with van der Waals surface area (Å²) in [5.74, 6) is 0.280. The molecule has 3 aromatic rings. The Morgan fingerprint density at radius 3 is 2.46 bits per heavy atom. The van der Waals surface area contributed by atoms with Crippen molar-refractivity contribution < 1.29 is 4.39 Å². The summed E-state index contributed by atoms with van der Waals surface area (Å²) in [6.07, 6.45) is 2.08. The molecule has 1 fully saturated rings. The monoisotopic (exact) mass is 357 g/mol. The second-order valence-corrected chi connectivity index (χ2v) is 6.66. The summed E-state index contributed by atoms with van der Waals surface area (Å²) >= 11 is 0. The number of nitrogens with zero attached hydrogens (tertiary/aromatic N) is 5. The van der Waals surface area contributed by atoms with Crippen molar-refractivity contribution in [2.24, 2.45) is 14.1 Å². The number of halogens is 1. The van der Waals surface area contributed by atoms with E-state index in [1.807, 2.05) is 0 Å². The summed E-state index contributed by atoms with van der Waals surface area (Å²) in [7, 11) is 3.04. The average molecular weight is 357 g/mol. The first kappa shape index (κ1) is 16.6. The molecule has 0 radical (unpaired) electrons. The second-order valence-electron chi connectivity index (χ2n) is 6.66. The SMILES string of the molecule is Cn1c(=O)c2c(nc(N3CCCC3)n2Cc2ccccc2F)n(C)c1=O. The number of rotatable bonds is 3. The Labute approximate surface area is 148 Å². The number of imidazole rings is 1. The molecular weight excluding hydrogens is 337 g/mol. The Hall–Kier alpha value is -2.90. The third kappa shape index (κ3) is 2.44. The second kappa shape index (κ2) is 6.12. The van der Waals surface area contributed by atoms with Gasteiger partial charge in [0.15, 0.2) is 11.2 Å². The van der Waals surface area contributed by atoms with Crippen LogP contribution in [-0.2, 0) is 20.6 Å². The van der Waals surface area contributed by atoms with Crippen LogP contribution in [0.3, 0.4) is 0 Å². The lowest BCUT2D eigenvalue weighted by Crippen LogP contribution is -2.37. The van der Waals surface area contributed by atoms with E-state index in [4.69, 9.17) is 0 Å². The first-order valence-electron chi connectivity index (χ1n) is 8.63. The molecular formula is C18H20FN5O2. The summed E-state index contributed by atoms with van der Waals surface area (Å²) in [5.41, 5.74) is 0.280. The van der Waals surface area contributed by atoms with Crippen molar-refractivity contribution in [1.29, 1.82) is 0 Å². The predicted molar refractivity (Wildman–Crippen MR) is 97.2 cm³/mol. The van der Waals surface area contributed by atoms with Gasteiger partial charge in [-0.1, -0.05) is 18.2 Å². The summed E-state index contributed by atoms with van der Waals surface area (Å²) < 4.78 is 18.4. The lowest BCUT2D eigenvalue weighted by molar-refractivity contribution is 0.600. The van der Waals surface area contributed by atoms with Gasteiger partial charge in [0.25, 0.3) is 5.56 Å². The van der Waals surface area contributed by atoms with Gasteiger partial charge < -0.3 is 4.90 Å². The lowest BCUT2D eigenvalue weighted by atomic mass is 10.2. The maximum absolute atomic E-state index is 14.2. The van der Waals surface area contributed by atoms with Gasteiger partial charge in [0.2, 0.25) is 5.95 Å². The zero-order chi connectivity index (χ0) is 18.4. The van der Waals surface area contributed by atoms with Gasteiger partial charge in [-0.25, -0.2) is 9.18 Å². The third-order valence-corrected chi connectivity index (χ3v) is 5.00. The summed E-state index contributed by atoms with van der Waals surface area (Å²) in [5, 5.41) is 0. The molecule has 0 aliphatic carbocycles. The van der Waals surface area contributed by atoms with Gasteiger partial charge in [-0.3, -0.25) is 18.5 Å². The first-order valence-corrected chi connectivity index (χ1v) is 8.63. The molecule has 1 aliphatic heterocycles. The van der Waals surface area contributed by atoms with Crippen molar-refractivity contribution in [1.82, 2.24) is 18.7 Å². The summed E-state index contributed by atoms with van der Waals surface area (Å²) in [6, 6.07) is 6.50. The van der Waals surface area contributed by atoms with E-state index >= 15 is 0 Å². The third-order valence-electron chi connectivity index (χ3n) is 5.00. The number of benzene rings is 1. The topological polar surface area (TPSA) is 65.1 Å². The zero-order valence-electron chi connectivity index (χ0n) is 14.8. The Bertz CT molecular complexity index is 1110. The molecule has 1 aromatic carbocycles. The molecule has 0 saturated carbocycles. The van der Waals surface area contributed by atoms with Gasteiger partial charge in [-0.05, 0) is 18.9 Å². The Morgan fingerprint density at radius 2 is 1.77 bits per heavy atom. The highest BCUT2D eigenvalue weighted by Crippen LogP contribution is 2.25. The number of anilines is 1. The molecule has 7 nitrogen and oxygen atoms in total. The molecule has 26 heavy (non-hydrogen) atoms. The number of fused-ring (bicyclic) bond motifs is 1. The van der Waals surface area contributed by atoms with E-state index in [0.717, 1.165) is 30.5 Å². The standard InChI is InChI=1S/C18H20FN5O2/c1-21-15-14(16(25)22(2)18(21)26)24(11-12-7-3-4-8-13(12)19)17(20-15)23-9-5-6-10-23/h3-4,7-8H,5-6,9-11H2,1-2H3. The van der Waals surface area contributed by atoms with Crippen LogP contribution in [0.5, 0.6) is 0 Å². The van der Waals surface area contributed by atoms with Crippen LogP contribution in [0.25, 0.3) is 11.2 Å². The maximum atomic E-state index is 14.2. The van der Waals surface area contributed by atoms with Gasteiger partial charge >= 0.3 is 5.69 Å². The zero-order valence-corrected chi connectivity index (χ0v) is 14.8.